The van der Waals surface area contributed by atoms with Crippen LogP contribution in [0.1, 0.15) is 26.7 Å². The lowest BCUT2D eigenvalue weighted by atomic mass is 9.81. The van der Waals surface area contributed by atoms with E-state index in [0.29, 0.717) is 12.8 Å². The van der Waals surface area contributed by atoms with E-state index in [0.717, 1.165) is 10.6 Å². The average Bonchev–Trinajstić information content (AvgIpc) is 2.41. The average molecular weight is 296 g/mol. The van der Waals surface area contributed by atoms with Gasteiger partial charge in [-0.15, -0.1) is 11.8 Å². The van der Waals surface area contributed by atoms with Crippen LogP contribution in [0.4, 0.5) is 5.69 Å². The zero-order valence-electron chi connectivity index (χ0n) is 11.5. The van der Waals surface area contributed by atoms with Gasteiger partial charge in [0.05, 0.1) is 10.4 Å². The van der Waals surface area contributed by atoms with E-state index < -0.39 is 5.41 Å². The zero-order valence-corrected chi connectivity index (χ0v) is 13.2. The molecule has 0 aliphatic rings. The first-order valence-corrected chi connectivity index (χ1v) is 7.88. The third kappa shape index (κ3) is 3.48. The molecule has 0 fully saturated rings. The number of carbonyl (C=O) groups is 1. The molecule has 1 aromatic rings. The van der Waals surface area contributed by atoms with E-state index in [9.17, 15) is 4.79 Å². The topological polar surface area (TPSA) is 55.1 Å². The predicted octanol–water partition coefficient (Wildman–Crippen LogP) is 3.44. The standard InChI is InChI=1S/C14H20N2OS2/c1-4-14(5-2,12(15)18)13(17)16-10-6-8-11(19-3)9-7-10/h6-9H,4-5H2,1-3H3,(H2,15,18)(H,16,17). The summed E-state index contributed by atoms with van der Waals surface area (Å²) >= 11 is 6.74. The number of hydrogen-bond donors (Lipinski definition) is 2. The van der Waals surface area contributed by atoms with Crippen molar-refractivity contribution in [3.8, 4) is 0 Å². The van der Waals surface area contributed by atoms with Gasteiger partial charge in [-0.05, 0) is 43.4 Å². The lowest BCUT2D eigenvalue weighted by Gasteiger charge is -2.28. The molecular formula is C14H20N2OS2. The Labute approximate surface area is 124 Å². The van der Waals surface area contributed by atoms with Gasteiger partial charge in [0.15, 0.2) is 0 Å². The number of amides is 1. The molecule has 0 bridgehead atoms. The lowest BCUT2D eigenvalue weighted by Crippen LogP contribution is -2.45. The fourth-order valence-electron chi connectivity index (χ4n) is 1.96. The van der Waals surface area contributed by atoms with Crippen LogP contribution in [0.25, 0.3) is 0 Å². The summed E-state index contributed by atoms with van der Waals surface area (Å²) in [5.74, 6) is -0.123. The van der Waals surface area contributed by atoms with Crippen LogP contribution in [0.15, 0.2) is 29.2 Å². The van der Waals surface area contributed by atoms with Crippen molar-refractivity contribution in [3.63, 3.8) is 0 Å². The van der Waals surface area contributed by atoms with Crippen LogP contribution in [0, 0.1) is 5.41 Å². The van der Waals surface area contributed by atoms with E-state index in [1.165, 1.54) is 0 Å². The summed E-state index contributed by atoms with van der Waals surface area (Å²) in [6.45, 7) is 3.86. The van der Waals surface area contributed by atoms with Crippen molar-refractivity contribution in [3.05, 3.63) is 24.3 Å². The van der Waals surface area contributed by atoms with Gasteiger partial charge in [0.2, 0.25) is 5.91 Å². The van der Waals surface area contributed by atoms with E-state index in [1.54, 1.807) is 11.8 Å². The Morgan fingerprint density at radius 3 is 2.21 bits per heavy atom. The van der Waals surface area contributed by atoms with E-state index in [-0.39, 0.29) is 10.9 Å². The number of thioether (sulfide) groups is 1. The molecule has 0 spiro atoms. The molecule has 3 nitrogen and oxygen atoms in total. The Morgan fingerprint density at radius 1 is 1.32 bits per heavy atom. The van der Waals surface area contributed by atoms with Gasteiger partial charge in [0.25, 0.3) is 0 Å². The molecule has 0 saturated heterocycles. The highest BCUT2D eigenvalue weighted by atomic mass is 32.2. The fraction of sp³-hybridized carbons (Fsp3) is 0.429. The Hall–Kier alpha value is -1.07. The van der Waals surface area contributed by atoms with Gasteiger partial charge < -0.3 is 11.1 Å². The summed E-state index contributed by atoms with van der Waals surface area (Å²) in [5, 5.41) is 2.90. The number of rotatable bonds is 6. The summed E-state index contributed by atoms with van der Waals surface area (Å²) in [4.78, 5) is 13.8. The molecule has 0 saturated carbocycles. The Bertz CT molecular complexity index is 453. The molecule has 1 aromatic carbocycles. The number of anilines is 1. The predicted molar refractivity (Wildman–Crippen MR) is 86.7 cm³/mol. The van der Waals surface area contributed by atoms with Crippen molar-refractivity contribution >= 4 is 40.6 Å². The van der Waals surface area contributed by atoms with Crippen molar-refractivity contribution < 1.29 is 4.79 Å². The van der Waals surface area contributed by atoms with E-state index in [2.05, 4.69) is 5.32 Å². The number of benzene rings is 1. The van der Waals surface area contributed by atoms with Crippen LogP contribution >= 0.6 is 24.0 Å². The number of nitrogens with one attached hydrogen (secondary N) is 1. The molecule has 0 radical (unpaired) electrons. The molecule has 0 aliphatic carbocycles. The van der Waals surface area contributed by atoms with Gasteiger partial charge in [-0.25, -0.2) is 0 Å². The van der Waals surface area contributed by atoms with Crippen molar-refractivity contribution in [2.45, 2.75) is 31.6 Å². The monoisotopic (exact) mass is 296 g/mol. The molecule has 3 N–H and O–H groups in total. The minimum absolute atomic E-state index is 0.123. The van der Waals surface area contributed by atoms with E-state index in [1.807, 2.05) is 44.4 Å². The highest BCUT2D eigenvalue weighted by Crippen LogP contribution is 2.29. The van der Waals surface area contributed by atoms with Crippen LogP contribution in [0.5, 0.6) is 0 Å². The van der Waals surface area contributed by atoms with Crippen molar-refractivity contribution in [1.29, 1.82) is 0 Å². The third-order valence-corrected chi connectivity index (χ3v) is 4.60. The molecule has 0 aliphatic heterocycles. The first-order chi connectivity index (χ1) is 9.00. The number of carbonyl (C=O) groups excluding carboxylic acids is 1. The maximum atomic E-state index is 12.4. The van der Waals surface area contributed by atoms with Crippen molar-refractivity contribution in [1.82, 2.24) is 0 Å². The van der Waals surface area contributed by atoms with Crippen LogP contribution in [0.2, 0.25) is 0 Å². The summed E-state index contributed by atoms with van der Waals surface area (Å²) in [7, 11) is 0. The number of thiocarbonyl (C=S) groups is 1. The number of nitrogens with two attached hydrogens (primary N) is 1. The van der Waals surface area contributed by atoms with Gasteiger partial charge in [-0.3, -0.25) is 4.79 Å². The Balaban J connectivity index is 2.90. The maximum absolute atomic E-state index is 12.4. The highest BCUT2D eigenvalue weighted by Gasteiger charge is 2.38. The van der Waals surface area contributed by atoms with Gasteiger partial charge in [0, 0.05) is 10.6 Å². The maximum Gasteiger partial charge on any atom is 0.237 e. The molecule has 104 valence electrons. The minimum atomic E-state index is -0.756. The second-order valence-corrected chi connectivity index (χ2v) is 5.66. The molecule has 19 heavy (non-hydrogen) atoms. The van der Waals surface area contributed by atoms with Crippen molar-refractivity contribution in [2.24, 2.45) is 11.1 Å². The fourth-order valence-corrected chi connectivity index (χ4v) is 2.75. The third-order valence-electron chi connectivity index (χ3n) is 3.46. The van der Waals surface area contributed by atoms with Gasteiger partial charge in [-0.2, -0.15) is 0 Å². The molecule has 5 heteroatoms. The first-order valence-electron chi connectivity index (χ1n) is 6.25. The van der Waals surface area contributed by atoms with Crippen LogP contribution in [-0.2, 0) is 4.79 Å². The molecule has 0 atom stereocenters. The SMILES string of the molecule is CCC(CC)(C(=O)Nc1ccc(SC)cc1)C(N)=S. The van der Waals surface area contributed by atoms with E-state index in [4.69, 9.17) is 18.0 Å². The molecular weight excluding hydrogens is 276 g/mol. The second kappa shape index (κ2) is 6.91. The van der Waals surface area contributed by atoms with Crippen LogP contribution in [-0.4, -0.2) is 17.2 Å². The van der Waals surface area contributed by atoms with Crippen LogP contribution in [0.3, 0.4) is 0 Å². The molecule has 0 heterocycles. The zero-order chi connectivity index (χ0) is 14.5. The Kier molecular flexibility index (Phi) is 5.82. The molecule has 0 aromatic heterocycles. The van der Waals surface area contributed by atoms with E-state index >= 15 is 0 Å². The Morgan fingerprint density at radius 2 is 1.84 bits per heavy atom. The van der Waals surface area contributed by atoms with Gasteiger partial charge in [-0.1, -0.05) is 26.1 Å². The first kappa shape index (κ1) is 16.0. The minimum Gasteiger partial charge on any atom is -0.392 e. The second-order valence-electron chi connectivity index (χ2n) is 4.34. The lowest BCUT2D eigenvalue weighted by molar-refractivity contribution is -0.122. The molecule has 1 amide bonds. The van der Waals surface area contributed by atoms with Gasteiger partial charge >= 0.3 is 0 Å². The summed E-state index contributed by atoms with van der Waals surface area (Å²) in [6.07, 6.45) is 3.22. The van der Waals surface area contributed by atoms with Crippen molar-refractivity contribution in [2.75, 3.05) is 11.6 Å². The van der Waals surface area contributed by atoms with Gasteiger partial charge in [0.1, 0.15) is 0 Å². The largest absolute Gasteiger partial charge is 0.392 e. The smallest absolute Gasteiger partial charge is 0.237 e. The molecule has 1 rings (SSSR count). The summed E-state index contributed by atoms with van der Waals surface area (Å²) in [6, 6.07) is 7.72. The summed E-state index contributed by atoms with van der Waals surface area (Å²) < 4.78 is 0. The summed E-state index contributed by atoms with van der Waals surface area (Å²) in [5.41, 5.74) is 5.77. The normalized spacial score (nSPS) is 11.1. The molecule has 0 unspecified atom stereocenters. The van der Waals surface area contributed by atoms with Crippen LogP contribution < -0.4 is 11.1 Å². The number of hydrogen-bond acceptors (Lipinski definition) is 3. The highest BCUT2D eigenvalue weighted by molar-refractivity contribution is 7.98. The quantitative estimate of drug-likeness (QED) is 0.624.